The standard InChI is InChI=1S/C46H33NO.C28H24.C19H11ClO/c1-46(2)42-18-9-8-14-38(42)39-28-27-35(29-43(39)46)47(33-23-19-31(20-24-33)30-11-4-3-5-12-30)34-25-21-32(22-26-34)36-16-10-17-40-37-13-6-7-15-41(37)45(48)44(36)40;1-28(2)26-11-7-6-10-24(26)25-17-14-21(19-27(25)28)18-20-12-15-23(16-13-20)22-8-4-3-5-9-22;20-13-10-8-12(9-11-13)14-6-3-7-16-15-4-1-2-5-17(15)19(21)18(14)16/h3-29H,1-2H3;3-17,19H,18H2,1-2H3;1-11H. The van der Waals surface area contributed by atoms with Crippen LogP contribution in [0, 0.1) is 0 Å². The van der Waals surface area contributed by atoms with Crippen molar-refractivity contribution < 1.29 is 9.59 Å². The summed E-state index contributed by atoms with van der Waals surface area (Å²) < 4.78 is 0. The Morgan fingerprint density at radius 1 is 0.258 bits per heavy atom. The SMILES string of the molecule is CC1(C)c2ccccc2-c2ccc(Cc3ccc(-c4ccccc4)cc3)cc21.CC1(C)c2ccccc2-c2ccc(N(c3ccc(-c4ccccc4)cc3)c3ccc(-c4cccc5c4C(=O)c4ccccc4-5)cc3)cc21.O=C1c2ccccc2-c2cccc(-c3ccc(Cl)cc3)c21. The fraction of sp³-hybridized carbons (Fsp3) is 0.0753. The Balaban J connectivity index is 0.000000127. The Labute approximate surface area is 573 Å². The van der Waals surface area contributed by atoms with Crippen molar-refractivity contribution in [3.05, 3.63) is 388 Å². The average Bonchev–Trinajstić information content (AvgIpc) is 1.63. The van der Waals surface area contributed by atoms with Crippen molar-refractivity contribution in [2.24, 2.45) is 0 Å². The van der Waals surface area contributed by atoms with Crippen LogP contribution in [-0.2, 0) is 17.3 Å². The van der Waals surface area contributed by atoms with Crippen molar-refractivity contribution in [1.82, 2.24) is 0 Å². The third-order valence-electron chi connectivity index (χ3n) is 20.3. The summed E-state index contributed by atoms with van der Waals surface area (Å²) in [4.78, 5) is 28.6. The fourth-order valence-electron chi connectivity index (χ4n) is 15.3. The Bertz CT molecular complexity index is 5380. The molecule has 3 nitrogen and oxygen atoms in total. The van der Waals surface area contributed by atoms with Crippen LogP contribution in [0.1, 0.15) is 92.9 Å². The molecule has 4 aliphatic rings. The molecule has 0 saturated heterocycles. The molecule has 0 aliphatic heterocycles. The van der Waals surface area contributed by atoms with Gasteiger partial charge in [-0.1, -0.05) is 318 Å². The predicted molar refractivity (Wildman–Crippen MR) is 403 cm³/mol. The van der Waals surface area contributed by atoms with Gasteiger partial charge >= 0.3 is 0 Å². The summed E-state index contributed by atoms with van der Waals surface area (Å²) in [5.41, 5.74) is 33.1. The lowest BCUT2D eigenvalue weighted by Crippen LogP contribution is -2.16. The number of nitrogens with zero attached hydrogens (tertiary/aromatic N) is 1. The predicted octanol–water partition coefficient (Wildman–Crippen LogP) is 24.5. The molecule has 0 fully saturated rings. The van der Waals surface area contributed by atoms with Crippen LogP contribution in [0.4, 0.5) is 17.1 Å². The second-order valence-electron chi connectivity index (χ2n) is 26.7. The summed E-state index contributed by atoms with van der Waals surface area (Å²) in [6.07, 6.45) is 0.967. The van der Waals surface area contributed by atoms with Crippen LogP contribution < -0.4 is 4.90 Å². The summed E-state index contributed by atoms with van der Waals surface area (Å²) >= 11 is 5.95. The van der Waals surface area contributed by atoms with E-state index in [0.29, 0.717) is 5.02 Å². The number of anilines is 3. The summed E-state index contributed by atoms with van der Waals surface area (Å²) in [5, 5.41) is 0.695. The Morgan fingerprint density at radius 2 is 0.588 bits per heavy atom. The van der Waals surface area contributed by atoms with Gasteiger partial charge in [0.2, 0.25) is 0 Å². The first-order valence-corrected chi connectivity index (χ1v) is 33.7. The highest BCUT2D eigenvalue weighted by molar-refractivity contribution is 6.30. The van der Waals surface area contributed by atoms with E-state index in [1.165, 1.54) is 77.9 Å². The second-order valence-corrected chi connectivity index (χ2v) is 27.1. The minimum Gasteiger partial charge on any atom is -0.310 e. The quantitative estimate of drug-likeness (QED) is 0.145. The van der Waals surface area contributed by atoms with E-state index in [-0.39, 0.29) is 22.4 Å². The number of rotatable bonds is 9. The van der Waals surface area contributed by atoms with Crippen molar-refractivity contribution in [2.75, 3.05) is 4.90 Å². The van der Waals surface area contributed by atoms with E-state index in [4.69, 9.17) is 11.6 Å². The van der Waals surface area contributed by atoms with Gasteiger partial charge in [0.1, 0.15) is 0 Å². The molecule has 0 saturated carbocycles. The number of hydrogen-bond donors (Lipinski definition) is 0. The van der Waals surface area contributed by atoms with Gasteiger partial charge in [-0.3, -0.25) is 9.59 Å². The number of carbonyl (C=O) groups is 2. The molecule has 0 unspecified atom stereocenters. The molecule has 4 heteroatoms. The molecule has 464 valence electrons. The van der Waals surface area contributed by atoms with Crippen molar-refractivity contribution in [3.63, 3.8) is 0 Å². The van der Waals surface area contributed by atoms with Gasteiger partial charge in [-0.25, -0.2) is 0 Å². The lowest BCUT2D eigenvalue weighted by molar-refractivity contribution is 0.103. The normalized spacial score (nSPS) is 13.2. The molecule has 0 radical (unpaired) electrons. The minimum absolute atomic E-state index is 0.0686. The number of fused-ring (bicyclic) bond motifs is 12. The first kappa shape index (κ1) is 60.5. The first-order chi connectivity index (χ1) is 47.4. The zero-order valence-corrected chi connectivity index (χ0v) is 55.3. The van der Waals surface area contributed by atoms with Crippen LogP contribution in [-0.4, -0.2) is 11.6 Å². The summed E-state index contributed by atoms with van der Waals surface area (Å²) in [6, 6.07) is 115. The van der Waals surface area contributed by atoms with Crippen molar-refractivity contribution in [2.45, 2.75) is 44.9 Å². The van der Waals surface area contributed by atoms with Gasteiger partial charge in [0.05, 0.1) is 0 Å². The first-order valence-electron chi connectivity index (χ1n) is 33.4. The molecule has 0 bridgehead atoms. The van der Waals surface area contributed by atoms with E-state index in [1.807, 2.05) is 91.0 Å². The van der Waals surface area contributed by atoms with E-state index >= 15 is 0 Å². The minimum atomic E-state index is -0.105. The molecule has 4 aliphatic carbocycles. The lowest BCUT2D eigenvalue weighted by atomic mass is 9.81. The maximum Gasteiger partial charge on any atom is 0.194 e. The van der Waals surface area contributed by atoms with Gasteiger partial charge in [-0.2, -0.15) is 0 Å². The maximum atomic E-state index is 13.6. The highest BCUT2D eigenvalue weighted by atomic mass is 35.5. The third kappa shape index (κ3) is 10.8. The fourth-order valence-corrected chi connectivity index (χ4v) is 15.4. The highest BCUT2D eigenvalue weighted by Crippen LogP contribution is 2.52. The van der Waals surface area contributed by atoms with E-state index in [0.717, 1.165) is 90.2 Å². The van der Waals surface area contributed by atoms with E-state index < -0.39 is 0 Å². The number of carbonyl (C=O) groups excluding carboxylic acids is 2. The number of benzene rings is 14. The number of ketones is 2. The maximum absolute atomic E-state index is 13.6. The highest BCUT2D eigenvalue weighted by Gasteiger charge is 2.38. The Kier molecular flexibility index (Phi) is 15.4. The van der Waals surface area contributed by atoms with Crippen LogP contribution in [0.15, 0.2) is 328 Å². The molecule has 0 heterocycles. The van der Waals surface area contributed by atoms with Crippen LogP contribution in [0.3, 0.4) is 0 Å². The summed E-state index contributed by atoms with van der Waals surface area (Å²) in [5.74, 6) is 0.202. The van der Waals surface area contributed by atoms with E-state index in [9.17, 15) is 9.59 Å². The summed E-state index contributed by atoms with van der Waals surface area (Å²) in [7, 11) is 0. The van der Waals surface area contributed by atoms with Gasteiger partial charge in [-0.05, 0) is 177 Å². The summed E-state index contributed by atoms with van der Waals surface area (Å²) in [6.45, 7) is 9.34. The monoisotopic (exact) mass is 1270 g/mol. The molecule has 14 aromatic carbocycles. The van der Waals surface area contributed by atoms with E-state index in [2.05, 4.69) is 269 Å². The lowest BCUT2D eigenvalue weighted by Gasteiger charge is -2.28. The smallest absolute Gasteiger partial charge is 0.194 e. The van der Waals surface area contributed by atoms with Crippen molar-refractivity contribution >= 4 is 40.2 Å². The molecule has 0 spiro atoms. The van der Waals surface area contributed by atoms with Gasteiger partial charge in [0.25, 0.3) is 0 Å². The van der Waals surface area contributed by atoms with Gasteiger partial charge in [0.15, 0.2) is 11.6 Å². The van der Waals surface area contributed by atoms with Crippen LogP contribution in [0.5, 0.6) is 0 Å². The van der Waals surface area contributed by atoms with Crippen molar-refractivity contribution in [3.8, 4) is 89.0 Å². The molecule has 0 N–H and O–H groups in total. The zero-order valence-electron chi connectivity index (χ0n) is 54.5. The molecule has 97 heavy (non-hydrogen) atoms. The molecule has 0 aromatic heterocycles. The van der Waals surface area contributed by atoms with Crippen LogP contribution >= 0.6 is 11.6 Å². The van der Waals surface area contributed by atoms with Gasteiger partial charge in [-0.15, -0.1) is 0 Å². The Morgan fingerprint density at radius 3 is 1.07 bits per heavy atom. The largest absolute Gasteiger partial charge is 0.310 e. The van der Waals surface area contributed by atoms with E-state index in [1.54, 1.807) is 0 Å². The molecule has 14 aromatic rings. The van der Waals surface area contributed by atoms with Crippen LogP contribution in [0.2, 0.25) is 5.02 Å². The number of hydrogen-bond acceptors (Lipinski definition) is 3. The molecule has 0 amide bonds. The molecule has 0 atom stereocenters. The van der Waals surface area contributed by atoms with Gasteiger partial charge < -0.3 is 4.90 Å². The molecular weight excluding hydrogens is 1200 g/mol. The van der Waals surface area contributed by atoms with Crippen LogP contribution in [0.25, 0.3) is 89.0 Å². The second kappa shape index (κ2) is 24.7. The number of halogens is 1. The van der Waals surface area contributed by atoms with Crippen molar-refractivity contribution in [1.29, 1.82) is 0 Å². The van der Waals surface area contributed by atoms with Gasteiger partial charge in [0, 0.05) is 55.2 Å². The molecule has 18 rings (SSSR count). The topological polar surface area (TPSA) is 37.4 Å². The zero-order chi connectivity index (χ0) is 65.9. The molecular formula is C93H68ClNO2. The average molecular weight is 1270 g/mol. The third-order valence-corrected chi connectivity index (χ3v) is 20.5. The Hall–Kier alpha value is -11.5.